The van der Waals surface area contributed by atoms with Gasteiger partial charge in [0.1, 0.15) is 5.69 Å². The number of nitrogens with one attached hydrogen (secondary N) is 1. The molecule has 6 N–H and O–H groups in total. The van der Waals surface area contributed by atoms with E-state index >= 15 is 0 Å². The molecule has 4 aromatic rings. The van der Waals surface area contributed by atoms with E-state index in [1.54, 1.807) is 17.4 Å². The molecule has 0 atom stereocenters. The van der Waals surface area contributed by atoms with E-state index in [0.29, 0.717) is 5.69 Å². The van der Waals surface area contributed by atoms with Crippen molar-refractivity contribution < 1.29 is 25.5 Å². The maximum atomic E-state index is 9.95. The molecule has 0 aliphatic heterocycles. The number of benzene rings is 3. The zero-order valence-electron chi connectivity index (χ0n) is 12.7. The third kappa shape index (κ3) is 2.25. The fourth-order valence-corrected chi connectivity index (χ4v) is 3.84. The van der Waals surface area contributed by atoms with Crippen LogP contribution in [0.3, 0.4) is 0 Å². The van der Waals surface area contributed by atoms with E-state index in [0.717, 1.165) is 20.2 Å². The highest BCUT2D eigenvalue weighted by molar-refractivity contribution is 7.25. The van der Waals surface area contributed by atoms with Gasteiger partial charge in [-0.25, -0.2) is 0 Å². The SMILES string of the molecule is Oc1c(O)c(O)c(Nc2ccc3sc4ccccc4c3c2)c(O)c1O. The molecule has 0 unspecified atom stereocenters. The van der Waals surface area contributed by atoms with E-state index in [9.17, 15) is 25.5 Å². The van der Waals surface area contributed by atoms with Crippen LogP contribution in [0.2, 0.25) is 0 Å². The number of anilines is 2. The Morgan fingerprint density at radius 2 is 1.24 bits per heavy atom. The lowest BCUT2D eigenvalue weighted by Gasteiger charge is -2.14. The number of fused-ring (bicyclic) bond motifs is 3. The topological polar surface area (TPSA) is 113 Å². The van der Waals surface area contributed by atoms with Gasteiger partial charge in [0, 0.05) is 25.9 Å². The number of thiophene rings is 1. The van der Waals surface area contributed by atoms with E-state index in [1.165, 1.54) is 0 Å². The molecule has 6 nitrogen and oxygen atoms in total. The van der Waals surface area contributed by atoms with Crippen LogP contribution in [-0.4, -0.2) is 25.5 Å². The van der Waals surface area contributed by atoms with Crippen LogP contribution >= 0.6 is 11.3 Å². The molecule has 0 aliphatic carbocycles. The maximum Gasteiger partial charge on any atom is 0.208 e. The van der Waals surface area contributed by atoms with E-state index in [4.69, 9.17) is 0 Å². The number of hydrogen-bond acceptors (Lipinski definition) is 7. The molecule has 4 rings (SSSR count). The van der Waals surface area contributed by atoms with E-state index in [1.807, 2.05) is 36.4 Å². The molecule has 0 fully saturated rings. The van der Waals surface area contributed by atoms with Gasteiger partial charge in [-0.2, -0.15) is 0 Å². The lowest BCUT2D eigenvalue weighted by Crippen LogP contribution is -1.92. The molecule has 0 amide bonds. The molecule has 0 bridgehead atoms. The minimum absolute atomic E-state index is 0.299. The molecule has 126 valence electrons. The third-order valence-electron chi connectivity index (χ3n) is 4.02. The highest BCUT2D eigenvalue weighted by atomic mass is 32.1. The van der Waals surface area contributed by atoms with Crippen LogP contribution in [0.1, 0.15) is 0 Å². The molecule has 0 radical (unpaired) electrons. The summed E-state index contributed by atoms with van der Waals surface area (Å²) in [5.74, 6) is -4.34. The largest absolute Gasteiger partial charge is 0.503 e. The molecular formula is C18H13NO5S. The predicted octanol–water partition coefficient (Wildman–Crippen LogP) is 4.33. The van der Waals surface area contributed by atoms with Crippen LogP contribution in [0, 0.1) is 0 Å². The van der Waals surface area contributed by atoms with Gasteiger partial charge in [0.2, 0.25) is 17.2 Å². The van der Waals surface area contributed by atoms with Crippen molar-refractivity contribution in [2.45, 2.75) is 0 Å². The summed E-state index contributed by atoms with van der Waals surface area (Å²) in [6, 6.07) is 13.4. The summed E-state index contributed by atoms with van der Waals surface area (Å²) in [4.78, 5) is 0. The van der Waals surface area contributed by atoms with Gasteiger partial charge in [-0.3, -0.25) is 0 Å². The van der Waals surface area contributed by atoms with E-state index in [2.05, 4.69) is 5.32 Å². The van der Waals surface area contributed by atoms with Crippen molar-refractivity contribution in [1.29, 1.82) is 0 Å². The first-order valence-electron chi connectivity index (χ1n) is 7.34. The molecular weight excluding hydrogens is 342 g/mol. The zero-order valence-corrected chi connectivity index (χ0v) is 13.5. The fourth-order valence-electron chi connectivity index (χ4n) is 2.75. The van der Waals surface area contributed by atoms with Gasteiger partial charge in [0.15, 0.2) is 11.5 Å². The molecule has 1 aromatic heterocycles. The summed E-state index contributed by atoms with van der Waals surface area (Å²) in [6.07, 6.45) is 0. The van der Waals surface area contributed by atoms with Crippen molar-refractivity contribution in [3.8, 4) is 28.7 Å². The number of aromatic hydroxyl groups is 5. The smallest absolute Gasteiger partial charge is 0.208 e. The van der Waals surface area contributed by atoms with Crippen molar-refractivity contribution in [2.75, 3.05) is 5.32 Å². The average Bonchev–Trinajstić information content (AvgIpc) is 3.00. The number of phenols is 5. The Morgan fingerprint density at radius 1 is 0.640 bits per heavy atom. The van der Waals surface area contributed by atoms with Crippen molar-refractivity contribution >= 4 is 42.9 Å². The standard InChI is InChI=1S/C18H13NO5S/c20-14-13(15(21)17(23)18(24)16(14)22)19-8-5-6-12-10(7-8)9-3-1-2-4-11(9)25-12/h1-7,19-24H. The second-order valence-corrected chi connectivity index (χ2v) is 6.64. The highest BCUT2D eigenvalue weighted by Gasteiger charge is 2.23. The third-order valence-corrected chi connectivity index (χ3v) is 5.17. The second kappa shape index (κ2) is 5.35. The molecule has 0 saturated carbocycles. The Morgan fingerprint density at radius 3 is 1.96 bits per heavy atom. The second-order valence-electron chi connectivity index (χ2n) is 5.55. The Bertz CT molecular complexity index is 1110. The number of phenolic OH excluding ortho intramolecular Hbond substituents is 5. The van der Waals surface area contributed by atoms with Crippen molar-refractivity contribution in [3.05, 3.63) is 42.5 Å². The van der Waals surface area contributed by atoms with Crippen LogP contribution in [-0.2, 0) is 0 Å². The summed E-state index contributed by atoms with van der Waals surface area (Å²) in [7, 11) is 0. The summed E-state index contributed by atoms with van der Waals surface area (Å²) in [5, 5.41) is 53.5. The monoisotopic (exact) mass is 355 g/mol. The molecule has 3 aromatic carbocycles. The van der Waals surface area contributed by atoms with Crippen molar-refractivity contribution in [3.63, 3.8) is 0 Å². The summed E-state index contributed by atoms with van der Waals surface area (Å²) in [6.45, 7) is 0. The Kier molecular flexibility index (Phi) is 3.26. The fraction of sp³-hybridized carbons (Fsp3) is 0. The summed E-state index contributed by atoms with van der Waals surface area (Å²) >= 11 is 1.65. The Labute approximate surface area is 145 Å². The molecule has 1 heterocycles. The van der Waals surface area contributed by atoms with Crippen LogP contribution in [0.5, 0.6) is 28.7 Å². The lowest BCUT2D eigenvalue weighted by molar-refractivity contribution is 0.330. The van der Waals surface area contributed by atoms with Gasteiger partial charge in [-0.05, 0) is 24.3 Å². The molecule has 25 heavy (non-hydrogen) atoms. The van der Waals surface area contributed by atoms with Gasteiger partial charge < -0.3 is 30.8 Å². The van der Waals surface area contributed by atoms with Gasteiger partial charge >= 0.3 is 0 Å². The van der Waals surface area contributed by atoms with Crippen molar-refractivity contribution in [1.82, 2.24) is 0 Å². The van der Waals surface area contributed by atoms with E-state index in [-0.39, 0.29) is 5.69 Å². The predicted molar refractivity (Wildman–Crippen MR) is 97.4 cm³/mol. The summed E-state index contributed by atoms with van der Waals surface area (Å²) in [5.41, 5.74) is 0.234. The van der Waals surface area contributed by atoms with Gasteiger partial charge in [0.05, 0.1) is 0 Å². The molecule has 0 saturated heterocycles. The van der Waals surface area contributed by atoms with Crippen LogP contribution in [0.4, 0.5) is 11.4 Å². The highest BCUT2D eigenvalue weighted by Crippen LogP contribution is 2.54. The first-order chi connectivity index (χ1) is 12.0. The van der Waals surface area contributed by atoms with Gasteiger partial charge in [-0.15, -0.1) is 11.3 Å². The molecule has 7 heteroatoms. The minimum Gasteiger partial charge on any atom is -0.503 e. The Hall–Kier alpha value is -3.32. The van der Waals surface area contributed by atoms with Crippen LogP contribution in [0.25, 0.3) is 20.2 Å². The molecule has 0 spiro atoms. The zero-order chi connectivity index (χ0) is 17.7. The van der Waals surface area contributed by atoms with E-state index < -0.39 is 28.7 Å². The van der Waals surface area contributed by atoms with Crippen LogP contribution in [0.15, 0.2) is 42.5 Å². The number of hydrogen-bond donors (Lipinski definition) is 6. The van der Waals surface area contributed by atoms with Crippen molar-refractivity contribution in [2.24, 2.45) is 0 Å². The number of rotatable bonds is 2. The average molecular weight is 355 g/mol. The molecule has 0 aliphatic rings. The summed E-state index contributed by atoms with van der Waals surface area (Å²) < 4.78 is 2.22. The van der Waals surface area contributed by atoms with Gasteiger partial charge in [-0.1, -0.05) is 18.2 Å². The quantitative estimate of drug-likeness (QED) is 0.236. The van der Waals surface area contributed by atoms with Gasteiger partial charge in [0.25, 0.3) is 0 Å². The first-order valence-corrected chi connectivity index (χ1v) is 8.16. The Balaban J connectivity index is 1.85. The maximum absolute atomic E-state index is 9.95. The minimum atomic E-state index is -0.986. The lowest BCUT2D eigenvalue weighted by atomic mass is 10.1. The first kappa shape index (κ1) is 15.2. The normalized spacial score (nSPS) is 11.2. The van der Waals surface area contributed by atoms with Crippen LogP contribution < -0.4 is 5.32 Å².